The highest BCUT2D eigenvalue weighted by molar-refractivity contribution is 5.94. The molecule has 0 unspecified atom stereocenters. The van der Waals surface area contributed by atoms with Crippen molar-refractivity contribution < 1.29 is 9.53 Å². The zero-order chi connectivity index (χ0) is 24.5. The topological polar surface area (TPSA) is 32.8 Å². The van der Waals surface area contributed by atoms with E-state index in [4.69, 9.17) is 4.74 Å². The van der Waals surface area contributed by atoms with E-state index in [2.05, 4.69) is 65.6 Å². The lowest BCUT2D eigenvalue weighted by molar-refractivity contribution is 0.0773. The molecular weight excluding hydrogens is 432 g/mol. The Morgan fingerprint density at radius 3 is 2.23 bits per heavy atom. The van der Waals surface area contributed by atoms with Crippen LogP contribution < -0.4 is 4.74 Å². The van der Waals surface area contributed by atoms with E-state index < -0.39 is 0 Å². The third kappa shape index (κ3) is 6.73. The van der Waals surface area contributed by atoms with Crippen molar-refractivity contribution in [1.82, 2.24) is 9.80 Å². The molecule has 1 heterocycles. The van der Waals surface area contributed by atoms with Crippen molar-refractivity contribution in [2.24, 2.45) is 0 Å². The molecule has 0 aliphatic carbocycles. The van der Waals surface area contributed by atoms with Crippen molar-refractivity contribution in [3.05, 3.63) is 101 Å². The molecule has 3 aromatic rings. The van der Waals surface area contributed by atoms with Gasteiger partial charge in [-0.15, -0.1) is 0 Å². The van der Waals surface area contributed by atoms with Gasteiger partial charge in [-0.05, 0) is 80.6 Å². The number of hydrogen-bond donors (Lipinski definition) is 0. The Kier molecular flexibility index (Phi) is 8.96. The fourth-order valence-corrected chi connectivity index (χ4v) is 4.97. The number of rotatable bonds is 10. The zero-order valence-corrected chi connectivity index (χ0v) is 21.2. The highest BCUT2D eigenvalue weighted by Gasteiger charge is 2.20. The first-order chi connectivity index (χ1) is 17.2. The summed E-state index contributed by atoms with van der Waals surface area (Å²) in [5.41, 5.74) is 4.58. The van der Waals surface area contributed by atoms with Crippen LogP contribution in [0.3, 0.4) is 0 Å². The number of carbonyl (C=O) groups is 1. The minimum absolute atomic E-state index is 0.0954. The second-order valence-electron chi connectivity index (χ2n) is 9.33. The maximum Gasteiger partial charge on any atom is 0.253 e. The minimum Gasteiger partial charge on any atom is -0.492 e. The van der Waals surface area contributed by atoms with Crippen LogP contribution >= 0.6 is 0 Å². The Hall–Kier alpha value is -3.11. The second-order valence-corrected chi connectivity index (χ2v) is 9.33. The summed E-state index contributed by atoms with van der Waals surface area (Å²) < 4.78 is 6.24. The van der Waals surface area contributed by atoms with Gasteiger partial charge in [0.25, 0.3) is 5.91 Å². The van der Waals surface area contributed by atoms with Crippen LogP contribution in [0.1, 0.15) is 59.7 Å². The summed E-state index contributed by atoms with van der Waals surface area (Å²) in [6, 6.07) is 27.2. The number of ether oxygens (including phenoxy) is 1. The fraction of sp³-hybridized carbons (Fsp3) is 0.387. The average Bonchev–Trinajstić information content (AvgIpc) is 2.91. The average molecular weight is 471 g/mol. The van der Waals surface area contributed by atoms with Gasteiger partial charge in [-0.3, -0.25) is 9.69 Å². The predicted octanol–water partition coefficient (Wildman–Crippen LogP) is 6.02. The number of carbonyl (C=O) groups excluding carboxylic acids is 1. The van der Waals surface area contributed by atoms with Gasteiger partial charge in [0, 0.05) is 31.6 Å². The smallest absolute Gasteiger partial charge is 0.253 e. The maximum absolute atomic E-state index is 12.6. The number of likely N-dealkylation sites (tertiary alicyclic amines) is 1. The van der Waals surface area contributed by atoms with E-state index in [9.17, 15) is 4.79 Å². The molecule has 0 bridgehead atoms. The molecule has 1 aliphatic heterocycles. The molecule has 3 aromatic carbocycles. The van der Waals surface area contributed by atoms with Crippen LogP contribution in [0.5, 0.6) is 5.75 Å². The summed E-state index contributed by atoms with van der Waals surface area (Å²) in [6.07, 6.45) is 3.22. The molecule has 0 saturated carbocycles. The normalized spacial score (nSPS) is 14.6. The first kappa shape index (κ1) is 25.0. The number of nitrogens with zero attached hydrogens (tertiary/aromatic N) is 2. The van der Waals surface area contributed by atoms with Crippen LogP contribution in [0.25, 0.3) is 0 Å². The molecular formula is C31H38N2O2. The summed E-state index contributed by atoms with van der Waals surface area (Å²) in [5.74, 6) is 1.73. The molecule has 0 spiro atoms. The number of hydrogen-bond acceptors (Lipinski definition) is 3. The van der Waals surface area contributed by atoms with E-state index in [0.717, 1.165) is 50.5 Å². The lowest BCUT2D eigenvalue weighted by Crippen LogP contribution is -2.35. The monoisotopic (exact) mass is 470 g/mol. The molecule has 4 rings (SSSR count). The van der Waals surface area contributed by atoms with Gasteiger partial charge in [0.05, 0.1) is 0 Å². The Morgan fingerprint density at radius 1 is 0.886 bits per heavy atom. The number of amides is 1. The van der Waals surface area contributed by atoms with E-state index in [0.29, 0.717) is 12.5 Å². The van der Waals surface area contributed by atoms with Crippen molar-refractivity contribution >= 4 is 5.91 Å². The second kappa shape index (κ2) is 12.6. The maximum atomic E-state index is 12.6. The molecule has 4 heteroatoms. The van der Waals surface area contributed by atoms with Crippen LogP contribution in [0, 0.1) is 0 Å². The molecule has 1 saturated heterocycles. The number of benzene rings is 3. The Bertz CT molecular complexity index is 1050. The van der Waals surface area contributed by atoms with Gasteiger partial charge in [-0.25, -0.2) is 0 Å². The molecule has 1 amide bonds. The lowest BCUT2D eigenvalue weighted by atomic mass is 9.89. The van der Waals surface area contributed by atoms with E-state index in [1.165, 1.54) is 29.5 Å². The third-order valence-corrected chi connectivity index (χ3v) is 7.14. The molecule has 0 radical (unpaired) electrons. The highest BCUT2D eigenvalue weighted by atomic mass is 16.5. The van der Waals surface area contributed by atoms with E-state index in [1.54, 1.807) is 0 Å². The van der Waals surface area contributed by atoms with Gasteiger partial charge in [0.1, 0.15) is 12.4 Å². The molecule has 0 aromatic heterocycles. The summed E-state index contributed by atoms with van der Waals surface area (Å²) >= 11 is 0. The van der Waals surface area contributed by atoms with E-state index >= 15 is 0 Å². The first-order valence-corrected chi connectivity index (χ1v) is 13.0. The van der Waals surface area contributed by atoms with Crippen LogP contribution in [-0.2, 0) is 6.42 Å². The molecule has 0 atom stereocenters. The lowest BCUT2D eigenvalue weighted by Gasteiger charge is -2.32. The van der Waals surface area contributed by atoms with E-state index in [-0.39, 0.29) is 5.91 Å². The molecule has 35 heavy (non-hydrogen) atoms. The largest absolute Gasteiger partial charge is 0.492 e. The van der Waals surface area contributed by atoms with Crippen molar-refractivity contribution in [3.63, 3.8) is 0 Å². The quantitative estimate of drug-likeness (QED) is 0.363. The van der Waals surface area contributed by atoms with Crippen molar-refractivity contribution in [1.29, 1.82) is 0 Å². The Balaban J connectivity index is 1.28. The molecule has 1 aliphatic rings. The molecule has 184 valence electrons. The third-order valence-electron chi connectivity index (χ3n) is 7.14. The van der Waals surface area contributed by atoms with Gasteiger partial charge >= 0.3 is 0 Å². The first-order valence-electron chi connectivity index (χ1n) is 13.0. The number of para-hydroxylation sites is 1. The summed E-state index contributed by atoms with van der Waals surface area (Å²) in [4.78, 5) is 16.9. The van der Waals surface area contributed by atoms with Crippen LogP contribution in [-0.4, -0.2) is 55.0 Å². The summed E-state index contributed by atoms with van der Waals surface area (Å²) in [5, 5.41) is 0. The molecule has 4 nitrogen and oxygen atoms in total. The van der Waals surface area contributed by atoms with Crippen molar-refractivity contribution in [2.75, 3.05) is 39.3 Å². The fourth-order valence-electron chi connectivity index (χ4n) is 4.97. The summed E-state index contributed by atoms with van der Waals surface area (Å²) in [7, 11) is 0. The van der Waals surface area contributed by atoms with Crippen molar-refractivity contribution in [3.8, 4) is 5.75 Å². The molecule has 1 fully saturated rings. The molecule has 0 N–H and O–H groups in total. The SMILES string of the molecule is CCN(CC)C(=O)c1ccc(Cc2ccccc2OCCN2CCC(c3ccccc3)CC2)cc1. The van der Waals surface area contributed by atoms with Gasteiger partial charge in [-0.2, -0.15) is 0 Å². The number of piperidine rings is 1. The van der Waals surface area contributed by atoms with E-state index in [1.807, 2.05) is 36.9 Å². The van der Waals surface area contributed by atoms with Gasteiger partial charge in [-0.1, -0.05) is 60.7 Å². The highest BCUT2D eigenvalue weighted by Crippen LogP contribution is 2.28. The van der Waals surface area contributed by atoms with Gasteiger partial charge in [0.2, 0.25) is 0 Å². The minimum atomic E-state index is 0.0954. The zero-order valence-electron chi connectivity index (χ0n) is 21.2. The summed E-state index contributed by atoms with van der Waals surface area (Å²) in [6.45, 7) is 9.40. The van der Waals surface area contributed by atoms with Gasteiger partial charge < -0.3 is 9.64 Å². The van der Waals surface area contributed by atoms with Crippen LogP contribution in [0.4, 0.5) is 0 Å². The standard InChI is InChI=1S/C31H38N2O2/c1-3-33(4-2)31(34)28-16-14-25(15-17-28)24-29-12-8-9-13-30(29)35-23-22-32-20-18-27(19-21-32)26-10-6-5-7-11-26/h5-17,27H,3-4,18-24H2,1-2H3. The van der Waals surface area contributed by atoms with Crippen LogP contribution in [0.15, 0.2) is 78.9 Å². The van der Waals surface area contributed by atoms with Crippen molar-refractivity contribution in [2.45, 2.75) is 39.0 Å². The van der Waals surface area contributed by atoms with Gasteiger partial charge in [0.15, 0.2) is 0 Å². The Morgan fingerprint density at radius 2 is 1.54 bits per heavy atom. The Labute approximate surface area is 210 Å². The predicted molar refractivity (Wildman–Crippen MR) is 143 cm³/mol. The van der Waals surface area contributed by atoms with Crippen LogP contribution in [0.2, 0.25) is 0 Å².